The van der Waals surface area contributed by atoms with Gasteiger partial charge in [0.15, 0.2) is 0 Å². The number of hydrogen-bond acceptors (Lipinski definition) is 5. The van der Waals surface area contributed by atoms with Gasteiger partial charge in [-0.05, 0) is 53.4 Å². The van der Waals surface area contributed by atoms with Crippen molar-refractivity contribution in [2.24, 2.45) is 0 Å². The van der Waals surface area contributed by atoms with E-state index in [1.165, 1.54) is 12.1 Å². The van der Waals surface area contributed by atoms with Crippen LogP contribution in [0.25, 0.3) is 22.3 Å². The second-order valence-electron chi connectivity index (χ2n) is 7.51. The Bertz CT molecular complexity index is 1300. The number of alkyl halides is 3. The maximum atomic E-state index is 13.6. The van der Waals surface area contributed by atoms with Crippen LogP contribution in [0.4, 0.5) is 13.2 Å². The molecule has 3 aromatic carbocycles. The van der Waals surface area contributed by atoms with E-state index in [-0.39, 0.29) is 5.57 Å². The highest BCUT2D eigenvalue weighted by atomic mass is 19.4. The van der Waals surface area contributed by atoms with Crippen LogP contribution in [0.5, 0.6) is 11.5 Å². The fourth-order valence-electron chi connectivity index (χ4n) is 3.04. The van der Waals surface area contributed by atoms with Gasteiger partial charge in [0.05, 0.1) is 5.56 Å². The van der Waals surface area contributed by atoms with Crippen molar-refractivity contribution in [1.29, 1.82) is 0 Å². The molecule has 0 radical (unpaired) electrons. The lowest BCUT2D eigenvalue weighted by molar-refractivity contribution is -0.138. The molecule has 0 bridgehead atoms. The molecule has 0 N–H and O–H groups in total. The molecule has 36 heavy (non-hydrogen) atoms. The molecule has 0 aliphatic rings. The molecule has 0 aliphatic carbocycles. The molecular weight excluding hydrogens is 473 g/mol. The van der Waals surface area contributed by atoms with Crippen molar-refractivity contribution in [2.75, 3.05) is 0 Å². The standard InChI is InChI=1S/C28H21F3O5/c1-4-26(32)35-16-15-34-25-14-11-22(17-24(25)28(29,30)31)21-7-5-19(6-8-21)20-9-12-23(13-10-20)36-27(33)18(2)3/h4-17H,1-2H2,3H3/b16-15-. The molecule has 0 aliphatic heterocycles. The summed E-state index contributed by atoms with van der Waals surface area (Å²) in [5.41, 5.74) is 1.87. The minimum Gasteiger partial charge on any atom is -0.461 e. The Morgan fingerprint density at radius 2 is 1.36 bits per heavy atom. The van der Waals surface area contributed by atoms with Crippen molar-refractivity contribution in [3.8, 4) is 33.8 Å². The summed E-state index contributed by atoms with van der Waals surface area (Å²) >= 11 is 0. The summed E-state index contributed by atoms with van der Waals surface area (Å²) in [7, 11) is 0. The Kier molecular flexibility index (Phi) is 8.11. The molecule has 3 aromatic rings. The van der Waals surface area contributed by atoms with Crippen molar-refractivity contribution in [3.05, 3.63) is 110 Å². The first kappa shape index (κ1) is 26.0. The quantitative estimate of drug-likeness (QED) is 0.145. The Balaban J connectivity index is 1.79. The summed E-state index contributed by atoms with van der Waals surface area (Å²) in [6.45, 7) is 8.29. The average molecular weight is 494 g/mol. The second kappa shape index (κ2) is 11.2. The Hall–Kier alpha value is -4.59. The maximum Gasteiger partial charge on any atom is 0.420 e. The van der Waals surface area contributed by atoms with E-state index in [1.807, 2.05) is 0 Å². The highest BCUT2D eigenvalue weighted by molar-refractivity contribution is 5.88. The molecule has 184 valence electrons. The van der Waals surface area contributed by atoms with Crippen LogP contribution in [0, 0.1) is 0 Å². The average Bonchev–Trinajstić information content (AvgIpc) is 2.86. The summed E-state index contributed by atoms with van der Waals surface area (Å²) in [6.07, 6.45) is -2.10. The lowest BCUT2D eigenvalue weighted by Gasteiger charge is -2.14. The second-order valence-corrected chi connectivity index (χ2v) is 7.51. The smallest absolute Gasteiger partial charge is 0.420 e. The summed E-state index contributed by atoms with van der Waals surface area (Å²) in [4.78, 5) is 22.6. The van der Waals surface area contributed by atoms with E-state index in [0.717, 1.165) is 35.8 Å². The normalized spacial score (nSPS) is 11.1. The van der Waals surface area contributed by atoms with Gasteiger partial charge in [-0.15, -0.1) is 0 Å². The Morgan fingerprint density at radius 3 is 1.89 bits per heavy atom. The minimum atomic E-state index is -4.67. The van der Waals surface area contributed by atoms with Crippen molar-refractivity contribution in [1.82, 2.24) is 0 Å². The summed E-state index contributed by atoms with van der Waals surface area (Å²) in [5, 5.41) is 0. The van der Waals surface area contributed by atoms with Crippen LogP contribution in [0.1, 0.15) is 12.5 Å². The molecule has 3 rings (SSSR count). The van der Waals surface area contributed by atoms with Crippen molar-refractivity contribution in [2.45, 2.75) is 13.1 Å². The van der Waals surface area contributed by atoms with Gasteiger partial charge in [-0.25, -0.2) is 9.59 Å². The highest BCUT2D eigenvalue weighted by Gasteiger charge is 2.34. The molecule has 5 nitrogen and oxygen atoms in total. The summed E-state index contributed by atoms with van der Waals surface area (Å²) in [6, 6.07) is 17.5. The molecule has 0 amide bonds. The van der Waals surface area contributed by atoms with Crippen molar-refractivity contribution in [3.63, 3.8) is 0 Å². The highest BCUT2D eigenvalue weighted by Crippen LogP contribution is 2.39. The van der Waals surface area contributed by atoms with E-state index >= 15 is 0 Å². The molecule has 0 spiro atoms. The van der Waals surface area contributed by atoms with Crippen LogP contribution in [0.15, 0.2) is 104 Å². The maximum absolute atomic E-state index is 13.6. The van der Waals surface area contributed by atoms with Gasteiger partial charge in [0.2, 0.25) is 0 Å². The Morgan fingerprint density at radius 1 is 0.833 bits per heavy atom. The lowest BCUT2D eigenvalue weighted by atomic mass is 9.98. The van der Waals surface area contributed by atoms with Gasteiger partial charge >= 0.3 is 18.1 Å². The van der Waals surface area contributed by atoms with E-state index in [0.29, 0.717) is 16.9 Å². The zero-order valence-electron chi connectivity index (χ0n) is 19.2. The summed E-state index contributed by atoms with van der Waals surface area (Å²) in [5.74, 6) is -1.36. The molecule has 0 heterocycles. The monoisotopic (exact) mass is 494 g/mol. The molecule has 8 heteroatoms. The van der Waals surface area contributed by atoms with E-state index in [9.17, 15) is 22.8 Å². The van der Waals surface area contributed by atoms with E-state index in [2.05, 4.69) is 17.9 Å². The van der Waals surface area contributed by atoms with Crippen molar-refractivity contribution < 1.29 is 37.0 Å². The third-order valence-corrected chi connectivity index (χ3v) is 4.85. The number of rotatable bonds is 8. The van der Waals surface area contributed by atoms with Crippen LogP contribution in [-0.2, 0) is 20.5 Å². The number of halogens is 3. The van der Waals surface area contributed by atoms with Gasteiger partial charge in [0.25, 0.3) is 0 Å². The first-order valence-corrected chi connectivity index (χ1v) is 10.5. The number of carbonyl (C=O) groups is 2. The van der Waals surface area contributed by atoms with Crippen LogP contribution < -0.4 is 9.47 Å². The number of benzene rings is 3. The molecule has 0 atom stereocenters. The summed E-state index contributed by atoms with van der Waals surface area (Å²) < 4.78 is 55.7. The van der Waals surface area contributed by atoms with Gasteiger partial charge in [-0.2, -0.15) is 13.2 Å². The van der Waals surface area contributed by atoms with Gasteiger partial charge in [-0.1, -0.05) is 55.6 Å². The molecular formula is C28H21F3O5. The fraction of sp³-hybridized carbons (Fsp3) is 0.0714. The van der Waals surface area contributed by atoms with Gasteiger partial charge in [-0.3, -0.25) is 0 Å². The van der Waals surface area contributed by atoms with Crippen LogP contribution in [-0.4, -0.2) is 11.9 Å². The predicted molar refractivity (Wildman–Crippen MR) is 129 cm³/mol. The molecule has 0 saturated carbocycles. The van der Waals surface area contributed by atoms with Gasteiger partial charge in [0.1, 0.15) is 24.0 Å². The molecule has 0 fully saturated rings. The zero-order chi connectivity index (χ0) is 26.3. The lowest BCUT2D eigenvalue weighted by Crippen LogP contribution is -2.07. The molecule has 0 saturated heterocycles. The van der Waals surface area contributed by atoms with Crippen LogP contribution in [0.2, 0.25) is 0 Å². The van der Waals surface area contributed by atoms with Crippen molar-refractivity contribution >= 4 is 11.9 Å². The van der Waals surface area contributed by atoms with Crippen LogP contribution >= 0.6 is 0 Å². The topological polar surface area (TPSA) is 61.8 Å². The van der Waals surface area contributed by atoms with E-state index < -0.39 is 29.4 Å². The van der Waals surface area contributed by atoms with E-state index in [1.54, 1.807) is 55.5 Å². The van der Waals surface area contributed by atoms with Gasteiger partial charge in [0, 0.05) is 11.6 Å². The third-order valence-electron chi connectivity index (χ3n) is 4.85. The molecule has 0 aromatic heterocycles. The SMILES string of the molecule is C=CC(=O)O/C=C\Oc1ccc(-c2ccc(-c3ccc(OC(=O)C(=C)C)cc3)cc2)cc1C(F)(F)F. The third kappa shape index (κ3) is 6.73. The van der Waals surface area contributed by atoms with Crippen LogP contribution in [0.3, 0.4) is 0 Å². The fourth-order valence-corrected chi connectivity index (χ4v) is 3.04. The molecule has 0 unspecified atom stereocenters. The Labute approximate surface area is 205 Å². The van der Waals surface area contributed by atoms with E-state index in [4.69, 9.17) is 9.47 Å². The van der Waals surface area contributed by atoms with Gasteiger partial charge < -0.3 is 14.2 Å². The zero-order valence-corrected chi connectivity index (χ0v) is 19.2. The number of ether oxygens (including phenoxy) is 3. The minimum absolute atomic E-state index is 0.286. The number of carbonyl (C=O) groups excluding carboxylic acids is 2. The first-order chi connectivity index (χ1) is 17.1. The largest absolute Gasteiger partial charge is 0.461 e. The predicted octanol–water partition coefficient (Wildman–Crippen LogP) is 7.10. The number of hydrogen-bond donors (Lipinski definition) is 0. The first-order valence-electron chi connectivity index (χ1n) is 10.5. The number of esters is 2.